The van der Waals surface area contributed by atoms with Gasteiger partial charge in [0, 0.05) is 11.7 Å². The van der Waals surface area contributed by atoms with Crippen LogP contribution in [0.4, 0.5) is 4.79 Å². The highest BCUT2D eigenvalue weighted by molar-refractivity contribution is 5.76. The van der Waals surface area contributed by atoms with Crippen LogP contribution < -0.4 is 10.6 Å². The molecule has 1 aromatic carbocycles. The molecule has 2 N–H and O–H groups in total. The van der Waals surface area contributed by atoms with Gasteiger partial charge in [0.25, 0.3) is 0 Å². The summed E-state index contributed by atoms with van der Waals surface area (Å²) in [5.74, 6) is 0. The van der Waals surface area contributed by atoms with Gasteiger partial charge in [-0.05, 0) is 44.2 Å². The SMILES string of the molecule is Cc1ccc(/C=C/NC(=O)NC(C)(C)CC(C)(C)C)cc1. The zero-order valence-electron chi connectivity index (χ0n) is 14.1. The molecule has 0 atom stereocenters. The third-order valence-corrected chi connectivity index (χ3v) is 2.99. The van der Waals surface area contributed by atoms with E-state index in [1.54, 1.807) is 6.20 Å². The molecule has 1 aromatic rings. The molecule has 21 heavy (non-hydrogen) atoms. The summed E-state index contributed by atoms with van der Waals surface area (Å²) in [5, 5.41) is 5.76. The highest BCUT2D eigenvalue weighted by Gasteiger charge is 2.26. The van der Waals surface area contributed by atoms with Crippen molar-refractivity contribution in [2.45, 2.75) is 53.5 Å². The van der Waals surface area contributed by atoms with Crippen molar-refractivity contribution in [2.24, 2.45) is 5.41 Å². The maximum atomic E-state index is 11.9. The Morgan fingerprint density at radius 3 is 2.19 bits per heavy atom. The third-order valence-electron chi connectivity index (χ3n) is 2.99. The van der Waals surface area contributed by atoms with Crippen LogP contribution in [0, 0.1) is 12.3 Å². The summed E-state index contributed by atoms with van der Waals surface area (Å²) in [6.07, 6.45) is 4.47. The molecule has 0 aliphatic heterocycles. The minimum Gasteiger partial charge on any atom is -0.333 e. The van der Waals surface area contributed by atoms with E-state index in [-0.39, 0.29) is 17.0 Å². The van der Waals surface area contributed by atoms with Crippen molar-refractivity contribution in [3.8, 4) is 0 Å². The Kier molecular flexibility index (Phi) is 5.59. The molecule has 0 aliphatic carbocycles. The fourth-order valence-electron chi connectivity index (χ4n) is 2.60. The molecule has 1 rings (SSSR count). The van der Waals surface area contributed by atoms with Crippen molar-refractivity contribution in [3.05, 3.63) is 41.6 Å². The van der Waals surface area contributed by atoms with E-state index in [0.717, 1.165) is 12.0 Å². The molecule has 0 radical (unpaired) electrons. The van der Waals surface area contributed by atoms with E-state index in [4.69, 9.17) is 0 Å². The number of amides is 2. The molecule has 0 aromatic heterocycles. The van der Waals surface area contributed by atoms with Crippen LogP contribution >= 0.6 is 0 Å². The molecule has 0 fully saturated rings. The van der Waals surface area contributed by atoms with Gasteiger partial charge in [-0.25, -0.2) is 4.79 Å². The van der Waals surface area contributed by atoms with E-state index in [1.165, 1.54) is 5.56 Å². The fraction of sp³-hybridized carbons (Fsp3) is 0.500. The van der Waals surface area contributed by atoms with Gasteiger partial charge in [-0.15, -0.1) is 0 Å². The lowest BCUT2D eigenvalue weighted by molar-refractivity contribution is 0.213. The smallest absolute Gasteiger partial charge is 0.319 e. The Bertz CT molecular complexity index is 493. The Morgan fingerprint density at radius 2 is 1.67 bits per heavy atom. The van der Waals surface area contributed by atoms with E-state index >= 15 is 0 Å². The predicted molar refractivity (Wildman–Crippen MR) is 90.0 cm³/mol. The number of carbonyl (C=O) groups is 1. The first-order chi connectivity index (χ1) is 9.57. The molecule has 0 saturated heterocycles. The van der Waals surface area contributed by atoms with Gasteiger partial charge in [0.15, 0.2) is 0 Å². The zero-order valence-corrected chi connectivity index (χ0v) is 14.1. The molecular formula is C18H28N2O. The van der Waals surface area contributed by atoms with Crippen LogP contribution in [0.25, 0.3) is 6.08 Å². The highest BCUT2D eigenvalue weighted by Crippen LogP contribution is 2.26. The standard InChI is InChI=1S/C18H28N2O/c1-14-7-9-15(10-8-14)11-12-19-16(21)20-18(5,6)13-17(2,3)4/h7-12H,13H2,1-6H3,(H2,19,20,21)/b12-11+. The molecule has 2 amide bonds. The lowest BCUT2D eigenvalue weighted by Crippen LogP contribution is -2.48. The lowest BCUT2D eigenvalue weighted by Gasteiger charge is -2.33. The predicted octanol–water partition coefficient (Wildman–Crippen LogP) is 4.48. The van der Waals surface area contributed by atoms with Gasteiger partial charge in [-0.1, -0.05) is 50.6 Å². The van der Waals surface area contributed by atoms with Crippen LogP contribution in [0.15, 0.2) is 30.5 Å². The molecule has 3 nitrogen and oxygen atoms in total. The molecule has 0 aliphatic rings. The van der Waals surface area contributed by atoms with Crippen LogP contribution in [0.3, 0.4) is 0 Å². The van der Waals surface area contributed by atoms with Crippen molar-refractivity contribution in [3.63, 3.8) is 0 Å². The minimum atomic E-state index is -0.236. The summed E-state index contributed by atoms with van der Waals surface area (Å²) in [6.45, 7) is 12.7. The second kappa shape index (κ2) is 6.79. The topological polar surface area (TPSA) is 41.1 Å². The number of rotatable bonds is 4. The van der Waals surface area contributed by atoms with E-state index < -0.39 is 0 Å². The van der Waals surface area contributed by atoms with Crippen molar-refractivity contribution >= 4 is 12.1 Å². The maximum Gasteiger partial charge on any atom is 0.319 e. The summed E-state index contributed by atoms with van der Waals surface area (Å²) in [6, 6.07) is 7.97. The molecule has 0 heterocycles. The maximum absolute atomic E-state index is 11.9. The van der Waals surface area contributed by atoms with E-state index in [0.29, 0.717) is 0 Å². The van der Waals surface area contributed by atoms with E-state index in [9.17, 15) is 4.79 Å². The molecule has 0 unspecified atom stereocenters. The molecule has 0 spiro atoms. The fourth-order valence-corrected chi connectivity index (χ4v) is 2.60. The number of carbonyl (C=O) groups excluding carboxylic acids is 1. The first-order valence-electron chi connectivity index (χ1n) is 7.39. The molecule has 0 saturated carbocycles. The summed E-state index contributed by atoms with van der Waals surface area (Å²) >= 11 is 0. The molecule has 116 valence electrons. The lowest BCUT2D eigenvalue weighted by atomic mass is 9.82. The minimum absolute atomic E-state index is 0.174. The second-order valence-corrected chi connectivity index (χ2v) is 7.46. The quantitative estimate of drug-likeness (QED) is 0.842. The number of benzene rings is 1. The van der Waals surface area contributed by atoms with Crippen LogP contribution in [-0.2, 0) is 0 Å². The number of nitrogens with one attached hydrogen (secondary N) is 2. The van der Waals surface area contributed by atoms with Gasteiger partial charge in [0.1, 0.15) is 0 Å². The van der Waals surface area contributed by atoms with Crippen molar-refractivity contribution in [1.82, 2.24) is 10.6 Å². The highest BCUT2D eigenvalue weighted by atomic mass is 16.2. The Balaban J connectivity index is 2.48. The Hall–Kier alpha value is -1.77. The van der Waals surface area contributed by atoms with Crippen molar-refractivity contribution in [2.75, 3.05) is 0 Å². The van der Waals surface area contributed by atoms with Crippen LogP contribution in [0.2, 0.25) is 0 Å². The van der Waals surface area contributed by atoms with Crippen LogP contribution in [0.5, 0.6) is 0 Å². The average molecular weight is 288 g/mol. The van der Waals surface area contributed by atoms with Gasteiger partial charge < -0.3 is 10.6 Å². The van der Waals surface area contributed by atoms with E-state index in [2.05, 4.69) is 38.3 Å². The zero-order chi connectivity index (χ0) is 16.1. The summed E-state index contributed by atoms with van der Waals surface area (Å²) in [7, 11) is 0. The molecule has 3 heteroatoms. The van der Waals surface area contributed by atoms with Gasteiger partial charge in [0.2, 0.25) is 0 Å². The number of urea groups is 1. The Labute approximate surface area is 128 Å². The van der Waals surface area contributed by atoms with Gasteiger partial charge in [0.05, 0.1) is 0 Å². The van der Waals surface area contributed by atoms with Gasteiger partial charge in [-0.2, -0.15) is 0 Å². The Morgan fingerprint density at radius 1 is 1.10 bits per heavy atom. The molecular weight excluding hydrogens is 260 g/mol. The van der Waals surface area contributed by atoms with Crippen LogP contribution in [-0.4, -0.2) is 11.6 Å². The number of hydrogen-bond acceptors (Lipinski definition) is 1. The van der Waals surface area contributed by atoms with Gasteiger partial charge in [-0.3, -0.25) is 0 Å². The molecule has 0 bridgehead atoms. The number of aryl methyl sites for hydroxylation is 1. The average Bonchev–Trinajstić information content (AvgIpc) is 2.27. The van der Waals surface area contributed by atoms with Crippen LogP contribution in [0.1, 0.15) is 52.2 Å². The number of hydrogen-bond donors (Lipinski definition) is 2. The summed E-state index contributed by atoms with van der Waals surface area (Å²) < 4.78 is 0. The third kappa shape index (κ3) is 7.54. The normalized spacial score (nSPS) is 12.5. The first kappa shape index (κ1) is 17.3. The largest absolute Gasteiger partial charge is 0.333 e. The monoisotopic (exact) mass is 288 g/mol. The summed E-state index contributed by atoms with van der Waals surface area (Å²) in [5.41, 5.74) is 2.23. The van der Waals surface area contributed by atoms with Gasteiger partial charge >= 0.3 is 6.03 Å². The second-order valence-electron chi connectivity index (χ2n) is 7.46. The van der Waals surface area contributed by atoms with Crippen molar-refractivity contribution in [1.29, 1.82) is 0 Å². The van der Waals surface area contributed by atoms with Crippen molar-refractivity contribution < 1.29 is 4.79 Å². The summed E-state index contributed by atoms with van der Waals surface area (Å²) in [4.78, 5) is 11.9. The van der Waals surface area contributed by atoms with E-state index in [1.807, 2.05) is 44.2 Å². The first-order valence-corrected chi connectivity index (χ1v) is 7.39.